The van der Waals surface area contributed by atoms with Gasteiger partial charge in [-0.15, -0.1) is 12.4 Å². The van der Waals surface area contributed by atoms with Crippen molar-refractivity contribution in [3.8, 4) is 5.75 Å². The minimum atomic E-state index is -0.997. The number of nitrogens with zero attached hydrogens (tertiary/aromatic N) is 2. The molecule has 1 saturated carbocycles. The van der Waals surface area contributed by atoms with Crippen LogP contribution in [0.25, 0.3) is 0 Å². The maximum absolute atomic E-state index is 14.0. The van der Waals surface area contributed by atoms with Crippen molar-refractivity contribution in [2.24, 2.45) is 0 Å². The van der Waals surface area contributed by atoms with Gasteiger partial charge in [-0.2, -0.15) is 0 Å². The van der Waals surface area contributed by atoms with E-state index in [1.807, 2.05) is 44.2 Å². The summed E-state index contributed by atoms with van der Waals surface area (Å²) >= 11 is 0. The predicted octanol–water partition coefficient (Wildman–Crippen LogP) is 4.12. The molecule has 1 aliphatic heterocycles. The molecule has 0 bridgehead atoms. The first-order valence-corrected chi connectivity index (χ1v) is 12.8. The largest absolute Gasteiger partial charge is 0.503 e. The number of aromatic hydroxyl groups is 1. The normalized spacial score (nSPS) is 19.7. The van der Waals surface area contributed by atoms with E-state index in [0.717, 1.165) is 11.6 Å². The van der Waals surface area contributed by atoms with Gasteiger partial charge in [-0.1, -0.05) is 36.4 Å². The molecule has 1 fully saturated rings. The number of rotatable bonds is 7. The van der Waals surface area contributed by atoms with E-state index in [9.17, 15) is 28.3 Å². The summed E-state index contributed by atoms with van der Waals surface area (Å²) in [6, 6.07) is 12.5. The first-order valence-electron chi connectivity index (χ1n) is 12.8. The van der Waals surface area contributed by atoms with Crippen molar-refractivity contribution >= 4 is 24.2 Å². The van der Waals surface area contributed by atoms with Gasteiger partial charge in [-0.05, 0) is 38.3 Å². The second-order valence-electron chi connectivity index (χ2n) is 10.4. The van der Waals surface area contributed by atoms with E-state index in [4.69, 9.17) is 4.74 Å². The van der Waals surface area contributed by atoms with Gasteiger partial charge >= 0.3 is 0 Å². The summed E-state index contributed by atoms with van der Waals surface area (Å²) in [7, 11) is 0. The van der Waals surface area contributed by atoms with Crippen LogP contribution in [0.4, 0.5) is 8.78 Å². The lowest BCUT2D eigenvalue weighted by Gasteiger charge is -2.55. The molecule has 3 aromatic rings. The number of halogens is 3. The molecule has 0 radical (unpaired) electrons. The lowest BCUT2D eigenvalue weighted by molar-refractivity contribution is -0.0969. The quantitative estimate of drug-likeness (QED) is 0.443. The van der Waals surface area contributed by atoms with Crippen LogP contribution >= 0.6 is 12.4 Å². The Balaban J connectivity index is 0.00000370. The van der Waals surface area contributed by atoms with E-state index >= 15 is 0 Å². The highest BCUT2D eigenvalue weighted by atomic mass is 35.5. The van der Waals surface area contributed by atoms with Crippen molar-refractivity contribution in [1.82, 2.24) is 14.8 Å². The zero-order valence-electron chi connectivity index (χ0n) is 22.0. The third kappa shape index (κ3) is 5.33. The monoisotopic (exact) mass is 573 g/mol. The fourth-order valence-corrected chi connectivity index (χ4v) is 5.32. The lowest BCUT2D eigenvalue weighted by Crippen LogP contribution is -2.63. The van der Waals surface area contributed by atoms with Gasteiger partial charge in [0.15, 0.2) is 11.4 Å². The number of hydrogen-bond acceptors (Lipinski definition) is 5. The van der Waals surface area contributed by atoms with Crippen LogP contribution in [0.5, 0.6) is 5.75 Å². The molecule has 0 saturated heterocycles. The predicted molar refractivity (Wildman–Crippen MR) is 146 cm³/mol. The molecular formula is C29H30ClF2N3O5. The van der Waals surface area contributed by atoms with Crippen LogP contribution in [-0.2, 0) is 23.4 Å². The summed E-state index contributed by atoms with van der Waals surface area (Å²) in [6.45, 7) is 4.16. The third-order valence-electron chi connectivity index (χ3n) is 7.49. The first-order chi connectivity index (χ1) is 18.6. The second kappa shape index (κ2) is 11.4. The number of ether oxygens (including phenoxy) is 1. The Morgan fingerprint density at radius 2 is 1.85 bits per heavy atom. The standard InChI is InChI=1S/C29H29F2N3O5.ClH/c1-17(2)33-16-29(11-21(12-29)39-15-18-6-4-3-5-7-18)34-14-22(25(35)26(36)24(34)28(33)38)27(37)32-13-19-8-9-20(30)10-23(19)31;/h3-10,14,17,21,36H,11-13,15-16H2,1-2H3,(H,32,37);1H/t21-,29+;. The molecule has 11 heteroatoms. The summed E-state index contributed by atoms with van der Waals surface area (Å²) in [5, 5.41) is 13.3. The Labute approximate surface area is 236 Å². The molecule has 2 aliphatic rings. The molecule has 0 atom stereocenters. The number of hydrogen-bond donors (Lipinski definition) is 2. The number of pyridine rings is 1. The molecule has 2 N–H and O–H groups in total. The fourth-order valence-electron chi connectivity index (χ4n) is 5.32. The van der Waals surface area contributed by atoms with Crippen molar-refractivity contribution < 1.29 is 28.2 Å². The number of amides is 2. The highest BCUT2D eigenvalue weighted by Gasteiger charge is 2.53. The van der Waals surface area contributed by atoms with Gasteiger partial charge in [0, 0.05) is 37.0 Å². The summed E-state index contributed by atoms with van der Waals surface area (Å²) in [5.41, 5.74) is -1.16. The van der Waals surface area contributed by atoms with Gasteiger partial charge in [0.2, 0.25) is 5.43 Å². The van der Waals surface area contributed by atoms with Crippen molar-refractivity contribution in [3.63, 3.8) is 0 Å². The maximum atomic E-state index is 14.0. The van der Waals surface area contributed by atoms with Crippen molar-refractivity contribution in [2.45, 2.75) is 57.5 Å². The van der Waals surface area contributed by atoms with Crippen LogP contribution in [0.15, 0.2) is 59.5 Å². The summed E-state index contributed by atoms with van der Waals surface area (Å²) in [5.74, 6) is -3.75. The molecule has 212 valence electrons. The molecule has 1 aliphatic carbocycles. The maximum Gasteiger partial charge on any atom is 0.274 e. The van der Waals surface area contributed by atoms with Gasteiger partial charge < -0.3 is 24.6 Å². The number of carbonyl (C=O) groups excluding carboxylic acids is 2. The molecule has 2 amide bonds. The van der Waals surface area contributed by atoms with Crippen molar-refractivity contribution in [3.05, 3.63) is 99.0 Å². The highest BCUT2D eigenvalue weighted by Crippen LogP contribution is 2.46. The average Bonchev–Trinajstić information content (AvgIpc) is 2.88. The molecule has 2 aromatic carbocycles. The zero-order valence-corrected chi connectivity index (χ0v) is 22.8. The van der Waals surface area contributed by atoms with Crippen molar-refractivity contribution in [1.29, 1.82) is 0 Å². The Morgan fingerprint density at radius 3 is 2.50 bits per heavy atom. The van der Waals surface area contributed by atoms with E-state index in [2.05, 4.69) is 5.32 Å². The molecule has 5 rings (SSSR count). The number of nitrogens with one attached hydrogen (secondary N) is 1. The summed E-state index contributed by atoms with van der Waals surface area (Å²) < 4.78 is 34.9. The number of fused-ring (bicyclic) bond motifs is 2. The van der Waals surface area contributed by atoms with E-state index < -0.39 is 40.2 Å². The molecule has 0 unspecified atom stereocenters. The first kappa shape index (κ1) is 29.2. The Kier molecular flexibility index (Phi) is 8.32. The molecule has 40 heavy (non-hydrogen) atoms. The van der Waals surface area contributed by atoms with Gasteiger partial charge in [-0.3, -0.25) is 14.4 Å². The molecule has 2 heterocycles. The lowest BCUT2D eigenvalue weighted by atomic mass is 9.71. The average molecular weight is 574 g/mol. The molecule has 1 spiro atoms. The minimum absolute atomic E-state index is 0. The van der Waals surface area contributed by atoms with Crippen LogP contribution in [-0.4, -0.2) is 45.1 Å². The van der Waals surface area contributed by atoms with E-state index in [1.165, 1.54) is 12.3 Å². The van der Waals surface area contributed by atoms with Gasteiger partial charge in [-0.25, -0.2) is 8.78 Å². The SMILES string of the molecule is CC(C)N1C[C@]2(C[C@H](OCc3ccccc3)C2)n2cc(C(=O)NCc3ccc(F)cc3F)c(=O)c(O)c2C1=O.Cl. The molecule has 1 aromatic heterocycles. The second-order valence-corrected chi connectivity index (χ2v) is 10.4. The van der Waals surface area contributed by atoms with Gasteiger partial charge in [0.05, 0.1) is 18.2 Å². The Bertz CT molecular complexity index is 1490. The Morgan fingerprint density at radius 1 is 1.15 bits per heavy atom. The molecule has 8 nitrogen and oxygen atoms in total. The summed E-state index contributed by atoms with van der Waals surface area (Å²) in [6.07, 6.45) is 2.19. The Hall–Kier alpha value is -3.76. The topological polar surface area (TPSA) is 101 Å². The minimum Gasteiger partial charge on any atom is -0.503 e. The van der Waals surface area contributed by atoms with E-state index in [-0.39, 0.29) is 47.9 Å². The van der Waals surface area contributed by atoms with E-state index in [1.54, 1.807) is 9.47 Å². The third-order valence-corrected chi connectivity index (χ3v) is 7.49. The van der Waals surface area contributed by atoms with Crippen LogP contribution < -0.4 is 10.7 Å². The van der Waals surface area contributed by atoms with Gasteiger partial charge in [0.25, 0.3) is 11.8 Å². The van der Waals surface area contributed by atoms with Gasteiger partial charge in [0.1, 0.15) is 17.2 Å². The summed E-state index contributed by atoms with van der Waals surface area (Å²) in [4.78, 5) is 40.9. The fraction of sp³-hybridized carbons (Fsp3) is 0.345. The zero-order chi connectivity index (χ0) is 27.9. The van der Waals surface area contributed by atoms with Crippen LogP contribution in [0, 0.1) is 11.6 Å². The van der Waals surface area contributed by atoms with E-state index in [0.29, 0.717) is 32.1 Å². The van der Waals surface area contributed by atoms with Crippen LogP contribution in [0.2, 0.25) is 0 Å². The molecular weight excluding hydrogens is 544 g/mol. The smallest absolute Gasteiger partial charge is 0.274 e. The van der Waals surface area contributed by atoms with Crippen LogP contribution in [0.1, 0.15) is 58.7 Å². The number of benzene rings is 2. The number of carbonyl (C=O) groups is 2. The van der Waals surface area contributed by atoms with Crippen molar-refractivity contribution in [2.75, 3.05) is 6.54 Å². The number of aromatic nitrogens is 1. The van der Waals surface area contributed by atoms with Crippen LogP contribution in [0.3, 0.4) is 0 Å². The highest BCUT2D eigenvalue weighted by molar-refractivity contribution is 5.99.